The van der Waals surface area contributed by atoms with Gasteiger partial charge >= 0.3 is 0 Å². The van der Waals surface area contributed by atoms with E-state index in [4.69, 9.17) is 0 Å². The molecule has 3 heterocycles. The van der Waals surface area contributed by atoms with Crippen molar-refractivity contribution in [2.45, 2.75) is 0 Å². The zero-order valence-corrected chi connectivity index (χ0v) is 12.4. The summed E-state index contributed by atoms with van der Waals surface area (Å²) < 4.78 is 2.75. The molecule has 18 heavy (non-hydrogen) atoms. The molecule has 0 bridgehead atoms. The van der Waals surface area contributed by atoms with E-state index in [1.54, 1.807) is 11.3 Å². The van der Waals surface area contributed by atoms with E-state index < -0.39 is 0 Å². The van der Waals surface area contributed by atoms with Gasteiger partial charge in [-0.05, 0) is 6.07 Å². The van der Waals surface area contributed by atoms with Gasteiger partial charge in [-0.1, -0.05) is 22.5 Å². The lowest BCUT2D eigenvalue weighted by Crippen LogP contribution is -2.23. The van der Waals surface area contributed by atoms with Crippen molar-refractivity contribution in [3.63, 3.8) is 0 Å². The summed E-state index contributed by atoms with van der Waals surface area (Å²) in [4.78, 5) is 18.9. The Bertz CT molecular complexity index is 755. The van der Waals surface area contributed by atoms with Crippen LogP contribution in [0.25, 0.3) is 15.3 Å². The van der Waals surface area contributed by atoms with Gasteiger partial charge in [0.05, 0.1) is 10.4 Å². The summed E-state index contributed by atoms with van der Waals surface area (Å²) in [6, 6.07) is 1.87. The molecule has 0 atom stereocenters. The number of carbonyl (C=O) groups excluding carboxylic acids is 1. The number of nitrogens with zero attached hydrogens (tertiary/aromatic N) is 2. The van der Waals surface area contributed by atoms with E-state index in [0.29, 0.717) is 11.4 Å². The van der Waals surface area contributed by atoms with Crippen LogP contribution in [-0.2, 0) is 0 Å². The topological polar surface area (TPSA) is 46.4 Å². The SMILES string of the molecule is C=C(Br)CNC(=O)c1cc2c(nc3sccn32)s1. The number of rotatable bonds is 3. The summed E-state index contributed by atoms with van der Waals surface area (Å²) in [6.45, 7) is 4.10. The minimum Gasteiger partial charge on any atom is -0.347 e. The molecule has 0 saturated carbocycles. The third-order valence-corrected chi connectivity index (χ3v) is 4.46. The Morgan fingerprint density at radius 2 is 2.44 bits per heavy atom. The fraction of sp³-hybridized carbons (Fsp3) is 0.0909. The van der Waals surface area contributed by atoms with E-state index in [9.17, 15) is 4.79 Å². The summed E-state index contributed by atoms with van der Waals surface area (Å²) in [5.74, 6) is -0.0948. The monoisotopic (exact) mass is 341 g/mol. The van der Waals surface area contributed by atoms with Crippen LogP contribution in [0.2, 0.25) is 0 Å². The van der Waals surface area contributed by atoms with Gasteiger partial charge in [0, 0.05) is 22.6 Å². The first-order valence-electron chi connectivity index (χ1n) is 5.12. The number of hydrogen-bond donors (Lipinski definition) is 1. The normalized spacial score (nSPS) is 11.2. The molecule has 3 rings (SSSR count). The highest BCUT2D eigenvalue weighted by Crippen LogP contribution is 2.28. The number of amides is 1. The van der Waals surface area contributed by atoms with Crippen LogP contribution in [0, 0.1) is 0 Å². The Balaban J connectivity index is 1.95. The van der Waals surface area contributed by atoms with Gasteiger partial charge in [-0.3, -0.25) is 9.20 Å². The highest BCUT2D eigenvalue weighted by molar-refractivity contribution is 9.11. The lowest BCUT2D eigenvalue weighted by Gasteiger charge is -2.00. The Morgan fingerprint density at radius 3 is 3.22 bits per heavy atom. The van der Waals surface area contributed by atoms with Crippen molar-refractivity contribution in [1.82, 2.24) is 14.7 Å². The van der Waals surface area contributed by atoms with Crippen molar-refractivity contribution >= 4 is 59.8 Å². The molecule has 0 fully saturated rings. The molecule has 92 valence electrons. The van der Waals surface area contributed by atoms with Gasteiger partial charge in [-0.25, -0.2) is 4.98 Å². The average molecular weight is 342 g/mol. The molecule has 0 aliphatic heterocycles. The van der Waals surface area contributed by atoms with Crippen LogP contribution in [0.4, 0.5) is 0 Å². The summed E-state index contributed by atoms with van der Waals surface area (Å²) in [7, 11) is 0. The second kappa shape index (κ2) is 4.49. The van der Waals surface area contributed by atoms with Crippen molar-refractivity contribution in [1.29, 1.82) is 0 Å². The minimum atomic E-state index is -0.0948. The maximum absolute atomic E-state index is 11.9. The number of aromatic nitrogens is 2. The molecule has 3 aromatic heterocycles. The first kappa shape index (κ1) is 11.9. The Kier molecular flexibility index (Phi) is 2.96. The number of hydrogen-bond acceptors (Lipinski definition) is 4. The average Bonchev–Trinajstić information content (AvgIpc) is 2.95. The van der Waals surface area contributed by atoms with Crippen molar-refractivity contribution in [2.75, 3.05) is 6.54 Å². The van der Waals surface area contributed by atoms with Crippen LogP contribution in [0.3, 0.4) is 0 Å². The summed E-state index contributed by atoms with van der Waals surface area (Å²) in [6.07, 6.45) is 1.96. The molecule has 0 aliphatic carbocycles. The second-order valence-electron chi connectivity index (χ2n) is 3.67. The van der Waals surface area contributed by atoms with E-state index in [1.165, 1.54) is 11.3 Å². The smallest absolute Gasteiger partial charge is 0.261 e. The van der Waals surface area contributed by atoms with Crippen LogP contribution in [0.5, 0.6) is 0 Å². The molecule has 0 radical (unpaired) electrons. The van der Waals surface area contributed by atoms with E-state index in [0.717, 1.165) is 19.8 Å². The Morgan fingerprint density at radius 1 is 1.61 bits per heavy atom. The molecule has 0 aromatic carbocycles. The Hall–Kier alpha value is -1.18. The van der Waals surface area contributed by atoms with Crippen molar-refractivity contribution in [3.8, 4) is 0 Å². The van der Waals surface area contributed by atoms with Gasteiger partial charge in [0.25, 0.3) is 5.91 Å². The van der Waals surface area contributed by atoms with Crippen molar-refractivity contribution in [2.24, 2.45) is 0 Å². The van der Waals surface area contributed by atoms with Crippen molar-refractivity contribution in [3.05, 3.63) is 33.6 Å². The van der Waals surface area contributed by atoms with Crippen LogP contribution in [0.1, 0.15) is 9.67 Å². The van der Waals surface area contributed by atoms with Crippen LogP contribution in [0.15, 0.2) is 28.7 Å². The minimum absolute atomic E-state index is 0.0948. The Labute approximate surface area is 119 Å². The molecule has 1 amide bonds. The third-order valence-electron chi connectivity index (χ3n) is 2.40. The first-order chi connectivity index (χ1) is 8.65. The van der Waals surface area contributed by atoms with Gasteiger partial charge in [-0.15, -0.1) is 22.7 Å². The summed E-state index contributed by atoms with van der Waals surface area (Å²) in [5.41, 5.74) is 0.985. The first-order valence-corrected chi connectivity index (χ1v) is 7.60. The molecule has 0 spiro atoms. The highest BCUT2D eigenvalue weighted by atomic mass is 79.9. The number of imidazole rings is 1. The number of carbonyl (C=O) groups is 1. The number of halogens is 1. The largest absolute Gasteiger partial charge is 0.347 e. The van der Waals surface area contributed by atoms with Crippen molar-refractivity contribution < 1.29 is 4.79 Å². The van der Waals surface area contributed by atoms with E-state index in [2.05, 4.69) is 32.8 Å². The number of fused-ring (bicyclic) bond motifs is 3. The van der Waals surface area contributed by atoms with E-state index in [-0.39, 0.29) is 5.91 Å². The fourth-order valence-corrected chi connectivity index (χ4v) is 3.48. The van der Waals surface area contributed by atoms with Crippen LogP contribution in [-0.4, -0.2) is 21.8 Å². The van der Waals surface area contributed by atoms with Gasteiger partial charge in [0.15, 0.2) is 4.96 Å². The standard InChI is InChI=1S/C11H8BrN3OS2/c1-6(12)5-13-9(16)8-4-7-10(18-8)14-11-15(7)2-3-17-11/h2-4H,1,5H2,(H,13,16). The maximum Gasteiger partial charge on any atom is 0.261 e. The third kappa shape index (κ3) is 1.98. The zero-order chi connectivity index (χ0) is 12.7. The lowest BCUT2D eigenvalue weighted by atomic mass is 10.4. The van der Waals surface area contributed by atoms with Crippen LogP contribution < -0.4 is 5.32 Å². The molecular formula is C11H8BrN3OS2. The lowest BCUT2D eigenvalue weighted by molar-refractivity contribution is 0.0962. The van der Waals surface area contributed by atoms with Crippen LogP contribution >= 0.6 is 38.6 Å². The van der Waals surface area contributed by atoms with E-state index in [1.807, 2.05) is 22.0 Å². The molecule has 4 nitrogen and oxygen atoms in total. The number of thiophene rings is 1. The molecule has 3 aromatic rings. The molecular weight excluding hydrogens is 334 g/mol. The molecule has 1 N–H and O–H groups in total. The molecule has 0 aliphatic rings. The predicted molar refractivity (Wildman–Crippen MR) is 78.9 cm³/mol. The zero-order valence-electron chi connectivity index (χ0n) is 9.14. The predicted octanol–water partition coefficient (Wildman–Crippen LogP) is 3.25. The van der Waals surface area contributed by atoms with Gasteiger partial charge in [0.2, 0.25) is 0 Å². The highest BCUT2D eigenvalue weighted by Gasteiger charge is 2.14. The van der Waals surface area contributed by atoms with Gasteiger partial charge in [-0.2, -0.15) is 0 Å². The quantitative estimate of drug-likeness (QED) is 0.794. The summed E-state index contributed by atoms with van der Waals surface area (Å²) >= 11 is 6.20. The number of thiazole rings is 1. The molecule has 0 unspecified atom stereocenters. The second-order valence-corrected chi connectivity index (χ2v) is 6.69. The summed E-state index contributed by atoms with van der Waals surface area (Å²) in [5, 5.41) is 4.76. The molecule has 7 heteroatoms. The van der Waals surface area contributed by atoms with Gasteiger partial charge in [0.1, 0.15) is 4.83 Å². The number of nitrogens with one attached hydrogen (secondary N) is 1. The van der Waals surface area contributed by atoms with E-state index >= 15 is 0 Å². The fourth-order valence-electron chi connectivity index (χ4n) is 1.62. The molecule has 0 saturated heterocycles. The van der Waals surface area contributed by atoms with Gasteiger partial charge < -0.3 is 5.32 Å². The maximum atomic E-state index is 11.9.